The van der Waals surface area contributed by atoms with Crippen molar-refractivity contribution >= 4 is 17.7 Å². The van der Waals surface area contributed by atoms with Crippen LogP contribution in [0.5, 0.6) is 0 Å². The Balaban J connectivity index is 1.28. The summed E-state index contributed by atoms with van der Waals surface area (Å²) >= 11 is 1.44. The van der Waals surface area contributed by atoms with E-state index in [0.717, 1.165) is 16.0 Å². The predicted octanol–water partition coefficient (Wildman–Crippen LogP) is 6.56. The quantitative estimate of drug-likeness (QED) is 0.174. The van der Waals surface area contributed by atoms with Gasteiger partial charge in [-0.1, -0.05) is 48.5 Å². The first-order chi connectivity index (χ1) is 17.6. The maximum absolute atomic E-state index is 13.1. The Kier molecular flexibility index (Phi) is 6.90. The largest absolute Gasteiger partial charge is 0.449 e. The highest BCUT2D eigenvalue weighted by atomic mass is 32.2. The molecule has 9 heteroatoms. The molecule has 0 N–H and O–H groups in total. The summed E-state index contributed by atoms with van der Waals surface area (Å²) in [5.74, 6) is 1.02. The normalized spacial score (nSPS) is 12.7. The van der Waals surface area contributed by atoms with Crippen LogP contribution < -0.4 is 0 Å². The molecule has 2 atom stereocenters. The zero-order chi connectivity index (χ0) is 24.9. The summed E-state index contributed by atoms with van der Waals surface area (Å²) in [5.41, 5.74) is 2.07. The zero-order valence-electron chi connectivity index (χ0n) is 19.6. The standard InChI is InChI=1S/C27H22N4O4S/c1-17(23-28-30-25(34-23)19-11-5-3-6-12-19)33-27(32)21-15-9-10-16-22(21)36-18(2)24-29-31-26(35-24)20-13-7-4-8-14-20/h3-18H,1-2H3/t17-,18-/m0/s1. The number of benzene rings is 3. The molecule has 0 radical (unpaired) electrons. The molecule has 2 heterocycles. The molecular formula is C27H22N4O4S. The van der Waals surface area contributed by atoms with E-state index in [1.165, 1.54) is 11.8 Å². The van der Waals surface area contributed by atoms with E-state index in [9.17, 15) is 4.79 Å². The van der Waals surface area contributed by atoms with Crippen LogP contribution in [0.15, 0.2) is 98.7 Å². The molecule has 0 aliphatic rings. The maximum atomic E-state index is 13.1. The summed E-state index contributed by atoms with van der Waals surface area (Å²) in [4.78, 5) is 13.8. The van der Waals surface area contributed by atoms with Crippen LogP contribution in [-0.2, 0) is 4.74 Å². The van der Waals surface area contributed by atoms with E-state index >= 15 is 0 Å². The first-order valence-electron chi connectivity index (χ1n) is 11.3. The molecule has 0 fully saturated rings. The highest BCUT2D eigenvalue weighted by Gasteiger charge is 2.24. The van der Waals surface area contributed by atoms with Gasteiger partial charge in [-0.05, 0) is 50.2 Å². The maximum Gasteiger partial charge on any atom is 0.340 e. The van der Waals surface area contributed by atoms with Gasteiger partial charge in [-0.25, -0.2) is 4.79 Å². The van der Waals surface area contributed by atoms with Crippen molar-refractivity contribution in [1.82, 2.24) is 20.4 Å². The minimum absolute atomic E-state index is 0.189. The second-order valence-corrected chi connectivity index (χ2v) is 9.31. The summed E-state index contributed by atoms with van der Waals surface area (Å²) in [6, 6.07) is 26.2. The first-order valence-corrected chi connectivity index (χ1v) is 12.2. The van der Waals surface area contributed by atoms with Crippen molar-refractivity contribution in [2.45, 2.75) is 30.1 Å². The molecule has 8 nitrogen and oxygen atoms in total. The predicted molar refractivity (Wildman–Crippen MR) is 134 cm³/mol. The van der Waals surface area contributed by atoms with Crippen molar-refractivity contribution in [3.8, 4) is 22.9 Å². The molecule has 180 valence electrons. The van der Waals surface area contributed by atoms with Gasteiger partial charge in [0.25, 0.3) is 5.89 Å². The number of rotatable bonds is 8. The molecule has 36 heavy (non-hydrogen) atoms. The fraction of sp³-hybridized carbons (Fsp3) is 0.148. The fourth-order valence-electron chi connectivity index (χ4n) is 3.45. The number of aromatic nitrogens is 4. The van der Waals surface area contributed by atoms with Gasteiger partial charge < -0.3 is 13.6 Å². The van der Waals surface area contributed by atoms with Crippen LogP contribution in [0.25, 0.3) is 22.9 Å². The molecule has 3 aromatic carbocycles. The number of hydrogen-bond donors (Lipinski definition) is 0. The van der Waals surface area contributed by atoms with Gasteiger partial charge in [0.15, 0.2) is 6.10 Å². The number of ether oxygens (including phenoxy) is 1. The van der Waals surface area contributed by atoms with E-state index < -0.39 is 12.1 Å². The molecule has 0 amide bonds. The van der Waals surface area contributed by atoms with Crippen molar-refractivity contribution in [2.24, 2.45) is 0 Å². The first kappa shape index (κ1) is 23.5. The number of carbonyl (C=O) groups is 1. The third kappa shape index (κ3) is 5.21. The van der Waals surface area contributed by atoms with Gasteiger partial charge in [-0.3, -0.25) is 0 Å². The van der Waals surface area contributed by atoms with Crippen LogP contribution in [0.2, 0.25) is 0 Å². The molecule has 0 saturated carbocycles. The number of nitrogens with zero attached hydrogens (tertiary/aromatic N) is 4. The van der Waals surface area contributed by atoms with Crippen molar-refractivity contribution in [3.63, 3.8) is 0 Å². The molecule has 0 bridgehead atoms. The molecule has 0 aliphatic heterocycles. The monoisotopic (exact) mass is 498 g/mol. The topological polar surface area (TPSA) is 104 Å². The van der Waals surface area contributed by atoms with Gasteiger partial charge in [0.2, 0.25) is 17.7 Å². The smallest absolute Gasteiger partial charge is 0.340 e. The summed E-state index contributed by atoms with van der Waals surface area (Å²) in [6.45, 7) is 3.64. The van der Waals surface area contributed by atoms with Crippen LogP contribution in [0.4, 0.5) is 0 Å². The summed E-state index contributed by atoms with van der Waals surface area (Å²) in [7, 11) is 0. The van der Waals surface area contributed by atoms with Crippen LogP contribution in [0.1, 0.15) is 47.3 Å². The highest BCUT2D eigenvalue weighted by molar-refractivity contribution is 7.99. The van der Waals surface area contributed by atoms with E-state index in [1.54, 1.807) is 19.1 Å². The molecule has 2 aromatic heterocycles. The SMILES string of the molecule is C[C@H](OC(=O)c1ccccc1S[C@@H](C)c1nnc(-c2ccccc2)o1)c1nnc(-c2ccccc2)o1. The summed E-state index contributed by atoms with van der Waals surface area (Å²) in [5, 5.41) is 16.3. The number of thioether (sulfide) groups is 1. The van der Waals surface area contributed by atoms with Crippen LogP contribution in [0, 0.1) is 0 Å². The Morgan fingerprint density at radius 1 is 0.722 bits per heavy atom. The third-order valence-corrected chi connectivity index (χ3v) is 6.48. The van der Waals surface area contributed by atoms with Gasteiger partial charge in [0.1, 0.15) is 0 Å². The third-order valence-electron chi connectivity index (χ3n) is 5.31. The second-order valence-electron chi connectivity index (χ2n) is 7.93. The lowest BCUT2D eigenvalue weighted by atomic mass is 10.2. The minimum Gasteiger partial charge on any atom is -0.449 e. The molecular weight excluding hydrogens is 476 g/mol. The van der Waals surface area contributed by atoms with Crippen LogP contribution in [-0.4, -0.2) is 26.4 Å². The van der Waals surface area contributed by atoms with E-state index in [4.69, 9.17) is 13.6 Å². The number of hydrogen-bond acceptors (Lipinski definition) is 9. The lowest BCUT2D eigenvalue weighted by Crippen LogP contribution is -2.11. The minimum atomic E-state index is -0.720. The molecule has 0 spiro atoms. The van der Waals surface area contributed by atoms with E-state index in [0.29, 0.717) is 23.2 Å². The molecule has 0 saturated heterocycles. The van der Waals surface area contributed by atoms with Crippen LogP contribution >= 0.6 is 11.8 Å². The molecule has 5 aromatic rings. The lowest BCUT2D eigenvalue weighted by Gasteiger charge is -2.13. The van der Waals surface area contributed by atoms with Crippen molar-refractivity contribution < 1.29 is 18.4 Å². The summed E-state index contributed by atoms with van der Waals surface area (Å²) < 4.78 is 17.3. The van der Waals surface area contributed by atoms with E-state index in [1.807, 2.05) is 79.7 Å². The van der Waals surface area contributed by atoms with Gasteiger partial charge in [0, 0.05) is 16.0 Å². The fourth-order valence-corrected chi connectivity index (χ4v) is 4.46. The number of carbonyl (C=O) groups excluding carboxylic acids is 1. The van der Waals surface area contributed by atoms with Gasteiger partial charge in [-0.15, -0.1) is 32.2 Å². The Hall–Kier alpha value is -4.24. The van der Waals surface area contributed by atoms with E-state index in [-0.39, 0.29) is 11.1 Å². The molecule has 5 rings (SSSR count). The highest BCUT2D eigenvalue weighted by Crippen LogP contribution is 2.37. The molecule has 0 unspecified atom stereocenters. The van der Waals surface area contributed by atoms with Crippen LogP contribution in [0.3, 0.4) is 0 Å². The van der Waals surface area contributed by atoms with E-state index in [2.05, 4.69) is 20.4 Å². The van der Waals surface area contributed by atoms with Gasteiger partial charge >= 0.3 is 5.97 Å². The van der Waals surface area contributed by atoms with Gasteiger partial charge in [-0.2, -0.15) is 0 Å². The van der Waals surface area contributed by atoms with Crippen molar-refractivity contribution in [3.05, 3.63) is 102 Å². The average Bonchev–Trinajstić information content (AvgIpc) is 3.61. The lowest BCUT2D eigenvalue weighted by molar-refractivity contribution is 0.0275. The zero-order valence-corrected chi connectivity index (χ0v) is 20.4. The summed E-state index contributed by atoms with van der Waals surface area (Å²) in [6.07, 6.45) is -0.720. The molecule has 0 aliphatic carbocycles. The Labute approximate surface area is 211 Å². The average molecular weight is 499 g/mol. The second kappa shape index (κ2) is 10.6. The Morgan fingerprint density at radius 2 is 1.25 bits per heavy atom. The van der Waals surface area contributed by atoms with Gasteiger partial charge in [0.05, 0.1) is 10.8 Å². The van der Waals surface area contributed by atoms with Crippen molar-refractivity contribution in [2.75, 3.05) is 0 Å². The number of esters is 1. The Bertz CT molecular complexity index is 1450. The van der Waals surface area contributed by atoms with Crippen molar-refractivity contribution in [1.29, 1.82) is 0 Å². The Morgan fingerprint density at radius 3 is 1.89 bits per heavy atom.